The molecule has 1 aromatic heterocycles. The number of carbonyl (C=O) groups is 1. The van der Waals surface area contributed by atoms with Crippen LogP contribution in [0.2, 0.25) is 0 Å². The summed E-state index contributed by atoms with van der Waals surface area (Å²) in [6.07, 6.45) is 2.78. The van der Waals surface area contributed by atoms with Crippen molar-refractivity contribution in [3.05, 3.63) is 43.2 Å². The molecular formula is C21H29N7O. The van der Waals surface area contributed by atoms with E-state index in [1.807, 2.05) is 37.2 Å². The Morgan fingerprint density at radius 2 is 1.93 bits per heavy atom. The van der Waals surface area contributed by atoms with E-state index >= 15 is 0 Å². The molecule has 1 aliphatic heterocycles. The number of benzene rings is 1. The number of carbonyl (C=O) groups excluding carboxylic acids is 1. The minimum Gasteiger partial charge on any atom is -0.369 e. The Morgan fingerprint density at radius 3 is 2.59 bits per heavy atom. The van der Waals surface area contributed by atoms with Gasteiger partial charge in [0.25, 0.3) is 0 Å². The fourth-order valence-electron chi connectivity index (χ4n) is 3.25. The zero-order valence-electron chi connectivity index (χ0n) is 17.4. The maximum Gasteiger partial charge on any atom is 0.247 e. The molecular weight excluding hydrogens is 366 g/mol. The van der Waals surface area contributed by atoms with Gasteiger partial charge in [-0.3, -0.25) is 4.79 Å². The molecule has 0 radical (unpaired) electrons. The molecule has 0 spiro atoms. The third-order valence-electron chi connectivity index (χ3n) is 5.00. The fourth-order valence-corrected chi connectivity index (χ4v) is 3.25. The van der Waals surface area contributed by atoms with E-state index in [0.717, 1.165) is 49.9 Å². The number of aromatic nitrogens is 2. The Morgan fingerprint density at radius 1 is 1.17 bits per heavy atom. The van der Waals surface area contributed by atoms with Gasteiger partial charge in [0.05, 0.1) is 11.4 Å². The van der Waals surface area contributed by atoms with E-state index in [9.17, 15) is 4.79 Å². The smallest absolute Gasteiger partial charge is 0.247 e. The van der Waals surface area contributed by atoms with E-state index in [2.05, 4.69) is 50.0 Å². The number of amides is 1. The van der Waals surface area contributed by atoms with Crippen LogP contribution in [-0.2, 0) is 4.79 Å². The third kappa shape index (κ3) is 5.23. The van der Waals surface area contributed by atoms with Crippen LogP contribution in [0.25, 0.3) is 0 Å². The maximum atomic E-state index is 12.0. The molecule has 0 unspecified atom stereocenters. The number of hydrogen-bond donors (Lipinski definition) is 2. The van der Waals surface area contributed by atoms with E-state index in [4.69, 9.17) is 0 Å². The molecule has 3 rings (SSSR count). The van der Waals surface area contributed by atoms with Gasteiger partial charge in [0.1, 0.15) is 18.0 Å². The molecule has 0 saturated carbocycles. The summed E-state index contributed by atoms with van der Waals surface area (Å²) in [6.45, 7) is 10.8. The van der Waals surface area contributed by atoms with Crippen LogP contribution in [0, 0.1) is 0 Å². The Labute approximate surface area is 172 Å². The van der Waals surface area contributed by atoms with Crippen LogP contribution < -0.4 is 20.4 Å². The van der Waals surface area contributed by atoms with Crippen LogP contribution >= 0.6 is 0 Å². The van der Waals surface area contributed by atoms with Crippen molar-refractivity contribution in [2.45, 2.75) is 6.92 Å². The molecule has 29 heavy (non-hydrogen) atoms. The average Bonchev–Trinajstić information content (AvgIpc) is 2.75. The lowest BCUT2D eigenvalue weighted by atomic mass is 10.2. The molecule has 2 heterocycles. The number of nitrogens with zero attached hydrogens (tertiary/aromatic N) is 5. The summed E-state index contributed by atoms with van der Waals surface area (Å²) in [4.78, 5) is 27.2. The monoisotopic (exact) mass is 395 g/mol. The average molecular weight is 396 g/mol. The van der Waals surface area contributed by atoms with Gasteiger partial charge >= 0.3 is 0 Å². The molecule has 8 nitrogen and oxygen atoms in total. The van der Waals surface area contributed by atoms with Gasteiger partial charge < -0.3 is 25.3 Å². The molecule has 1 saturated heterocycles. The predicted octanol–water partition coefficient (Wildman–Crippen LogP) is 2.55. The molecule has 1 fully saturated rings. The minimum atomic E-state index is -0.252. The van der Waals surface area contributed by atoms with Crippen LogP contribution in [0.15, 0.2) is 43.2 Å². The third-order valence-corrected chi connectivity index (χ3v) is 5.00. The Hall–Kier alpha value is -3.13. The largest absolute Gasteiger partial charge is 0.369 e. The second kappa shape index (κ2) is 9.38. The molecule has 1 amide bonds. The lowest BCUT2D eigenvalue weighted by Crippen LogP contribution is -2.46. The van der Waals surface area contributed by atoms with Crippen molar-refractivity contribution in [2.75, 3.05) is 67.3 Å². The van der Waals surface area contributed by atoms with E-state index in [0.29, 0.717) is 11.5 Å². The first-order chi connectivity index (χ1) is 14.0. The second-order valence-corrected chi connectivity index (χ2v) is 7.13. The first-order valence-electron chi connectivity index (χ1n) is 9.81. The summed E-state index contributed by atoms with van der Waals surface area (Å²) in [7, 11) is 3.85. The molecule has 2 N–H and O–H groups in total. The number of piperazine rings is 1. The molecule has 154 valence electrons. The highest BCUT2D eigenvalue weighted by Gasteiger charge is 2.17. The number of nitrogens with one attached hydrogen (secondary N) is 2. The molecule has 0 atom stereocenters. The van der Waals surface area contributed by atoms with Gasteiger partial charge in [-0.1, -0.05) is 13.5 Å². The first-order valence-corrected chi connectivity index (χ1v) is 9.81. The molecule has 0 aliphatic carbocycles. The van der Waals surface area contributed by atoms with Crippen LogP contribution in [0.1, 0.15) is 6.92 Å². The lowest BCUT2D eigenvalue weighted by Gasteiger charge is -2.35. The fraction of sp³-hybridized carbons (Fsp3) is 0.381. The highest BCUT2D eigenvalue weighted by atomic mass is 16.1. The van der Waals surface area contributed by atoms with Gasteiger partial charge in [0, 0.05) is 52.0 Å². The van der Waals surface area contributed by atoms with Gasteiger partial charge in [-0.25, -0.2) is 9.97 Å². The highest BCUT2D eigenvalue weighted by molar-refractivity contribution is 6.02. The standard InChI is InChI=1S/C21H29N7O/c1-5-21(29)25-18-13-16(28-11-9-27(6-2)10-12-28)7-8-17(18)24-19-14-20(26(3)4)23-15-22-19/h5,7-8,13-15H,1,6,9-12H2,2-4H3,(H,25,29)(H,22,23,24). The van der Waals surface area contributed by atoms with E-state index in [1.54, 1.807) is 0 Å². The van der Waals surface area contributed by atoms with E-state index in [-0.39, 0.29) is 5.91 Å². The van der Waals surface area contributed by atoms with Crippen molar-refractivity contribution in [2.24, 2.45) is 0 Å². The van der Waals surface area contributed by atoms with Crippen molar-refractivity contribution in [3.63, 3.8) is 0 Å². The SMILES string of the molecule is C=CC(=O)Nc1cc(N2CCN(CC)CC2)ccc1Nc1cc(N(C)C)ncn1. The number of rotatable bonds is 7. The van der Waals surface area contributed by atoms with Crippen molar-refractivity contribution >= 4 is 34.6 Å². The van der Waals surface area contributed by atoms with Gasteiger partial charge in [-0.05, 0) is 30.8 Å². The van der Waals surface area contributed by atoms with Crippen LogP contribution in [0.4, 0.5) is 28.7 Å². The number of anilines is 5. The van der Waals surface area contributed by atoms with Gasteiger partial charge in [-0.15, -0.1) is 0 Å². The van der Waals surface area contributed by atoms with Crippen LogP contribution in [0.5, 0.6) is 0 Å². The summed E-state index contributed by atoms with van der Waals surface area (Å²) < 4.78 is 0. The molecule has 1 aliphatic rings. The molecule has 0 bridgehead atoms. The van der Waals surface area contributed by atoms with Gasteiger partial charge in [-0.2, -0.15) is 0 Å². The van der Waals surface area contributed by atoms with Crippen molar-refractivity contribution in [1.82, 2.24) is 14.9 Å². The zero-order chi connectivity index (χ0) is 20.8. The summed E-state index contributed by atoms with van der Waals surface area (Å²) in [6, 6.07) is 7.90. The summed E-state index contributed by atoms with van der Waals surface area (Å²) in [5.74, 6) is 1.20. The highest BCUT2D eigenvalue weighted by Crippen LogP contribution is 2.31. The van der Waals surface area contributed by atoms with E-state index < -0.39 is 0 Å². The summed E-state index contributed by atoms with van der Waals surface area (Å²) in [5, 5.41) is 6.20. The van der Waals surface area contributed by atoms with Crippen molar-refractivity contribution in [1.29, 1.82) is 0 Å². The molecule has 1 aromatic carbocycles. The van der Waals surface area contributed by atoms with Gasteiger partial charge in [0.15, 0.2) is 0 Å². The number of hydrogen-bond acceptors (Lipinski definition) is 7. The van der Waals surface area contributed by atoms with Gasteiger partial charge in [0.2, 0.25) is 5.91 Å². The zero-order valence-corrected chi connectivity index (χ0v) is 17.4. The first kappa shape index (κ1) is 20.6. The van der Waals surface area contributed by atoms with Crippen molar-refractivity contribution in [3.8, 4) is 0 Å². The minimum absolute atomic E-state index is 0.252. The quantitative estimate of drug-likeness (QED) is 0.698. The van der Waals surface area contributed by atoms with Crippen molar-refractivity contribution < 1.29 is 4.79 Å². The second-order valence-electron chi connectivity index (χ2n) is 7.13. The van der Waals surface area contributed by atoms with E-state index in [1.165, 1.54) is 12.4 Å². The normalized spacial score (nSPS) is 14.4. The molecule has 2 aromatic rings. The summed E-state index contributed by atoms with van der Waals surface area (Å²) >= 11 is 0. The van der Waals surface area contributed by atoms with Crippen LogP contribution in [-0.4, -0.2) is 67.6 Å². The predicted molar refractivity (Wildman–Crippen MR) is 119 cm³/mol. The lowest BCUT2D eigenvalue weighted by molar-refractivity contribution is -0.111. The topological polar surface area (TPSA) is 76.6 Å². The molecule has 8 heteroatoms. The number of likely N-dealkylation sites (N-methyl/N-ethyl adjacent to an activating group) is 1. The van der Waals surface area contributed by atoms with Crippen LogP contribution in [0.3, 0.4) is 0 Å². The Kier molecular flexibility index (Phi) is 6.66. The summed E-state index contributed by atoms with van der Waals surface area (Å²) in [5.41, 5.74) is 2.54. The Balaban J connectivity index is 1.85. The maximum absolute atomic E-state index is 12.0. The Bertz CT molecular complexity index is 860.